The molecule has 4 rings (SSSR count). The lowest BCUT2D eigenvalue weighted by Gasteiger charge is -2.29. The van der Waals surface area contributed by atoms with Gasteiger partial charge in [0.25, 0.3) is 0 Å². The topological polar surface area (TPSA) is 97.9 Å². The van der Waals surface area contributed by atoms with Gasteiger partial charge in [0, 0.05) is 18.8 Å². The van der Waals surface area contributed by atoms with E-state index in [1.165, 1.54) is 5.56 Å². The molecule has 3 N–H and O–H groups in total. The minimum atomic E-state index is -0.668. The summed E-state index contributed by atoms with van der Waals surface area (Å²) in [6.07, 6.45) is 0. The molecule has 1 atom stereocenters. The molecule has 162 valence electrons. The second kappa shape index (κ2) is 9.09. The van der Waals surface area contributed by atoms with E-state index in [1.54, 1.807) is 25.1 Å². The van der Waals surface area contributed by atoms with Gasteiger partial charge in [-0.2, -0.15) is 0 Å². The Morgan fingerprint density at radius 2 is 1.90 bits per heavy atom. The van der Waals surface area contributed by atoms with E-state index in [0.717, 1.165) is 5.56 Å². The Kier molecular flexibility index (Phi) is 6.08. The van der Waals surface area contributed by atoms with E-state index >= 15 is 0 Å². The number of benzene rings is 2. The SMILES string of the molecule is CCOC(=O)C1=C(CNCc2ccc(C)cc2)NC(=O)N[C@@H]1c1ccc2c(c1)OCO2. The number of fused-ring (bicyclic) bond motifs is 1. The van der Waals surface area contributed by atoms with E-state index < -0.39 is 12.0 Å². The van der Waals surface area contributed by atoms with Crippen LogP contribution in [0.1, 0.15) is 29.7 Å². The van der Waals surface area contributed by atoms with Crippen LogP contribution in [-0.4, -0.2) is 31.9 Å². The van der Waals surface area contributed by atoms with E-state index in [0.29, 0.717) is 41.4 Å². The molecule has 2 aromatic rings. The van der Waals surface area contributed by atoms with E-state index in [4.69, 9.17) is 14.2 Å². The van der Waals surface area contributed by atoms with E-state index in [2.05, 4.69) is 16.0 Å². The maximum atomic E-state index is 12.8. The molecule has 2 amide bonds. The lowest BCUT2D eigenvalue weighted by molar-refractivity contribution is -0.139. The molecular formula is C23H25N3O5. The standard InChI is InChI=1S/C23H25N3O5/c1-3-29-22(27)20-17(12-24-11-15-6-4-14(2)5-7-15)25-23(28)26-21(20)16-8-9-18-19(10-16)31-13-30-18/h4-10,21,24H,3,11-13H2,1-2H3,(H2,25,26,28)/t21-/m1/s1. The molecule has 0 unspecified atom stereocenters. The largest absolute Gasteiger partial charge is 0.463 e. The third kappa shape index (κ3) is 4.64. The van der Waals surface area contributed by atoms with Crippen molar-refractivity contribution in [1.29, 1.82) is 0 Å². The molecule has 0 fully saturated rings. The zero-order chi connectivity index (χ0) is 21.8. The number of amides is 2. The first kappa shape index (κ1) is 20.7. The van der Waals surface area contributed by atoms with Crippen molar-refractivity contribution >= 4 is 12.0 Å². The molecule has 0 saturated heterocycles. The molecule has 2 aliphatic heterocycles. The third-order valence-corrected chi connectivity index (χ3v) is 5.13. The van der Waals surface area contributed by atoms with Crippen LogP contribution in [0.3, 0.4) is 0 Å². The number of carbonyl (C=O) groups is 2. The van der Waals surface area contributed by atoms with Crippen LogP contribution >= 0.6 is 0 Å². The number of carbonyl (C=O) groups excluding carboxylic acids is 2. The number of esters is 1. The van der Waals surface area contributed by atoms with Gasteiger partial charge in [-0.3, -0.25) is 0 Å². The van der Waals surface area contributed by atoms with Gasteiger partial charge < -0.3 is 30.2 Å². The first-order valence-corrected chi connectivity index (χ1v) is 10.2. The molecule has 8 heteroatoms. The van der Waals surface area contributed by atoms with Gasteiger partial charge in [-0.05, 0) is 37.1 Å². The van der Waals surface area contributed by atoms with Crippen molar-refractivity contribution in [3.8, 4) is 11.5 Å². The fourth-order valence-corrected chi connectivity index (χ4v) is 3.59. The molecule has 0 aromatic heterocycles. The van der Waals surface area contributed by atoms with Gasteiger partial charge in [-0.15, -0.1) is 0 Å². The highest BCUT2D eigenvalue weighted by atomic mass is 16.7. The predicted octanol–water partition coefficient (Wildman–Crippen LogP) is 2.68. The summed E-state index contributed by atoms with van der Waals surface area (Å²) in [4.78, 5) is 25.2. The zero-order valence-electron chi connectivity index (χ0n) is 17.5. The second-order valence-corrected chi connectivity index (χ2v) is 7.35. The van der Waals surface area contributed by atoms with Gasteiger partial charge in [0.2, 0.25) is 6.79 Å². The van der Waals surface area contributed by atoms with E-state index in [9.17, 15) is 9.59 Å². The Labute approximate surface area is 180 Å². The number of nitrogens with one attached hydrogen (secondary N) is 3. The second-order valence-electron chi connectivity index (χ2n) is 7.35. The Balaban J connectivity index is 1.61. The number of urea groups is 1. The highest BCUT2D eigenvalue weighted by Gasteiger charge is 2.34. The molecular weight excluding hydrogens is 398 g/mol. The van der Waals surface area contributed by atoms with Gasteiger partial charge in [0.05, 0.1) is 18.2 Å². The van der Waals surface area contributed by atoms with Crippen molar-refractivity contribution in [2.75, 3.05) is 19.9 Å². The average Bonchev–Trinajstić information content (AvgIpc) is 3.23. The number of rotatable bonds is 7. The van der Waals surface area contributed by atoms with Crippen molar-refractivity contribution in [3.63, 3.8) is 0 Å². The monoisotopic (exact) mass is 423 g/mol. The highest BCUT2D eigenvalue weighted by Crippen LogP contribution is 2.37. The molecule has 0 radical (unpaired) electrons. The summed E-state index contributed by atoms with van der Waals surface area (Å²) in [6, 6.07) is 12.5. The molecule has 0 spiro atoms. The van der Waals surface area contributed by atoms with Crippen LogP contribution < -0.4 is 25.4 Å². The molecule has 2 aliphatic rings. The van der Waals surface area contributed by atoms with Crippen molar-refractivity contribution in [2.45, 2.75) is 26.4 Å². The van der Waals surface area contributed by atoms with Crippen LogP contribution in [-0.2, 0) is 16.1 Å². The molecule has 0 bridgehead atoms. The van der Waals surface area contributed by atoms with Crippen molar-refractivity contribution in [2.24, 2.45) is 0 Å². The summed E-state index contributed by atoms with van der Waals surface area (Å²) in [7, 11) is 0. The third-order valence-electron chi connectivity index (χ3n) is 5.13. The molecule has 0 saturated carbocycles. The highest BCUT2D eigenvalue weighted by molar-refractivity contribution is 5.95. The Morgan fingerprint density at radius 3 is 2.68 bits per heavy atom. The number of hydrogen-bond acceptors (Lipinski definition) is 6. The molecule has 31 heavy (non-hydrogen) atoms. The molecule has 2 heterocycles. The maximum absolute atomic E-state index is 12.8. The number of ether oxygens (including phenoxy) is 3. The summed E-state index contributed by atoms with van der Waals surface area (Å²) in [5, 5.41) is 8.89. The normalized spacial score (nSPS) is 17.2. The number of hydrogen-bond donors (Lipinski definition) is 3. The van der Waals surface area contributed by atoms with Crippen LogP contribution in [0.5, 0.6) is 11.5 Å². The Hall–Kier alpha value is -3.52. The first-order valence-electron chi connectivity index (χ1n) is 10.2. The first-order chi connectivity index (χ1) is 15.0. The van der Waals surface area contributed by atoms with E-state index in [1.807, 2.05) is 31.2 Å². The Bertz CT molecular complexity index is 1020. The van der Waals surface area contributed by atoms with Gasteiger partial charge in [0.1, 0.15) is 0 Å². The van der Waals surface area contributed by atoms with Crippen molar-refractivity contribution in [3.05, 3.63) is 70.4 Å². The van der Waals surface area contributed by atoms with Gasteiger partial charge in [0.15, 0.2) is 11.5 Å². The lowest BCUT2D eigenvalue weighted by Crippen LogP contribution is -2.48. The average molecular weight is 423 g/mol. The van der Waals surface area contributed by atoms with Gasteiger partial charge >= 0.3 is 12.0 Å². The van der Waals surface area contributed by atoms with E-state index in [-0.39, 0.29) is 19.4 Å². The summed E-state index contributed by atoms with van der Waals surface area (Å²) in [5.74, 6) is 0.725. The van der Waals surface area contributed by atoms with Crippen LogP contribution in [0.25, 0.3) is 0 Å². The lowest BCUT2D eigenvalue weighted by atomic mass is 9.94. The van der Waals surface area contributed by atoms with Gasteiger partial charge in [-0.1, -0.05) is 35.9 Å². The minimum absolute atomic E-state index is 0.145. The van der Waals surface area contributed by atoms with Crippen LogP contribution in [0.15, 0.2) is 53.7 Å². The van der Waals surface area contributed by atoms with Crippen LogP contribution in [0.4, 0.5) is 4.79 Å². The van der Waals surface area contributed by atoms with Crippen LogP contribution in [0, 0.1) is 6.92 Å². The minimum Gasteiger partial charge on any atom is -0.463 e. The van der Waals surface area contributed by atoms with Crippen molar-refractivity contribution in [1.82, 2.24) is 16.0 Å². The van der Waals surface area contributed by atoms with Gasteiger partial charge in [-0.25, -0.2) is 9.59 Å². The number of aryl methyl sites for hydroxylation is 1. The fraction of sp³-hybridized carbons (Fsp3) is 0.304. The summed E-state index contributed by atoms with van der Waals surface area (Å²) >= 11 is 0. The van der Waals surface area contributed by atoms with Crippen molar-refractivity contribution < 1.29 is 23.8 Å². The zero-order valence-corrected chi connectivity index (χ0v) is 17.5. The van der Waals surface area contributed by atoms with Crippen LogP contribution in [0.2, 0.25) is 0 Å². The maximum Gasteiger partial charge on any atom is 0.338 e. The smallest absolute Gasteiger partial charge is 0.338 e. The Morgan fingerprint density at radius 1 is 1.13 bits per heavy atom. The quantitative estimate of drug-likeness (QED) is 0.593. The summed E-state index contributed by atoms with van der Waals surface area (Å²) in [6.45, 7) is 5.06. The summed E-state index contributed by atoms with van der Waals surface area (Å²) < 4.78 is 16.1. The fourth-order valence-electron chi connectivity index (χ4n) is 3.59. The predicted molar refractivity (Wildman–Crippen MR) is 114 cm³/mol. The molecule has 2 aromatic carbocycles. The summed E-state index contributed by atoms with van der Waals surface area (Å²) in [5.41, 5.74) is 3.84. The molecule has 8 nitrogen and oxygen atoms in total. The molecule has 0 aliphatic carbocycles.